The monoisotopic (exact) mass is 406 g/mol. The van der Waals surface area contributed by atoms with Gasteiger partial charge < -0.3 is 24.1 Å². The van der Waals surface area contributed by atoms with Crippen LogP contribution in [-0.2, 0) is 0 Å². The molecule has 3 aromatic carbocycles. The summed E-state index contributed by atoms with van der Waals surface area (Å²) in [6.07, 6.45) is 0. The lowest BCUT2D eigenvalue weighted by molar-refractivity contribution is 0.324. The lowest BCUT2D eigenvalue weighted by Gasteiger charge is -2.18. The first-order valence-electron chi connectivity index (χ1n) is 9.48. The average molecular weight is 406 g/mol. The van der Waals surface area contributed by atoms with E-state index >= 15 is 0 Å². The molecule has 0 fully saturated rings. The third-order valence-corrected chi connectivity index (χ3v) is 5.00. The lowest BCUT2D eigenvalue weighted by Crippen LogP contribution is -1.99. The smallest absolute Gasteiger partial charge is 0.203 e. The highest BCUT2D eigenvalue weighted by Crippen LogP contribution is 2.43. The van der Waals surface area contributed by atoms with Gasteiger partial charge in [-0.05, 0) is 59.0 Å². The Morgan fingerprint density at radius 2 is 1.23 bits per heavy atom. The molecule has 0 amide bonds. The Bertz CT molecular complexity index is 1030. The van der Waals surface area contributed by atoms with Gasteiger partial charge in [0.2, 0.25) is 5.75 Å². The van der Waals surface area contributed by atoms with E-state index in [-0.39, 0.29) is 5.75 Å². The van der Waals surface area contributed by atoms with Gasteiger partial charge in [0.25, 0.3) is 0 Å². The predicted molar refractivity (Wildman–Crippen MR) is 119 cm³/mol. The van der Waals surface area contributed by atoms with Gasteiger partial charge in [-0.2, -0.15) is 0 Å². The van der Waals surface area contributed by atoms with Gasteiger partial charge in [-0.25, -0.2) is 0 Å². The number of rotatable bonds is 7. The topological polar surface area (TPSA) is 57.2 Å². The first-order chi connectivity index (χ1) is 14.5. The largest absolute Gasteiger partial charge is 0.504 e. The van der Waals surface area contributed by atoms with Crippen molar-refractivity contribution in [2.75, 3.05) is 28.4 Å². The second kappa shape index (κ2) is 9.27. The quantitative estimate of drug-likeness (QED) is 0.532. The molecule has 0 saturated heterocycles. The zero-order chi connectivity index (χ0) is 21.7. The molecule has 0 saturated carbocycles. The highest BCUT2D eigenvalue weighted by atomic mass is 16.5. The van der Waals surface area contributed by atoms with Crippen molar-refractivity contribution in [1.82, 2.24) is 0 Å². The Hall–Kier alpha value is -3.60. The molecule has 0 spiro atoms. The van der Waals surface area contributed by atoms with E-state index in [1.807, 2.05) is 55.5 Å². The van der Waals surface area contributed by atoms with Crippen molar-refractivity contribution in [1.29, 1.82) is 0 Å². The summed E-state index contributed by atoms with van der Waals surface area (Å²) in [6, 6.07) is 19.3. The van der Waals surface area contributed by atoms with Gasteiger partial charge in [0, 0.05) is 0 Å². The fourth-order valence-electron chi connectivity index (χ4n) is 3.50. The number of hydrogen-bond acceptors (Lipinski definition) is 5. The van der Waals surface area contributed by atoms with Crippen LogP contribution in [0.3, 0.4) is 0 Å². The van der Waals surface area contributed by atoms with E-state index in [4.69, 9.17) is 18.9 Å². The highest BCUT2D eigenvalue weighted by Gasteiger charge is 2.18. The fourth-order valence-corrected chi connectivity index (χ4v) is 3.50. The van der Waals surface area contributed by atoms with E-state index < -0.39 is 0 Å². The molecule has 0 unspecified atom stereocenters. The van der Waals surface area contributed by atoms with E-state index in [2.05, 4.69) is 0 Å². The number of hydrogen-bond donors (Lipinski definition) is 1. The normalized spacial score (nSPS) is 11.5. The maximum Gasteiger partial charge on any atom is 0.203 e. The summed E-state index contributed by atoms with van der Waals surface area (Å²) < 4.78 is 21.8. The molecule has 0 aliphatic carbocycles. The van der Waals surface area contributed by atoms with Crippen molar-refractivity contribution < 1.29 is 24.1 Å². The van der Waals surface area contributed by atoms with Crippen molar-refractivity contribution in [2.24, 2.45) is 0 Å². The summed E-state index contributed by atoms with van der Waals surface area (Å²) in [5.41, 5.74) is 4.77. The zero-order valence-corrected chi connectivity index (χ0v) is 17.9. The summed E-state index contributed by atoms with van der Waals surface area (Å²) in [7, 11) is 6.31. The van der Waals surface area contributed by atoms with Crippen molar-refractivity contribution in [3.05, 3.63) is 77.4 Å². The molecule has 5 heteroatoms. The van der Waals surface area contributed by atoms with E-state index in [0.717, 1.165) is 27.8 Å². The Balaban J connectivity index is 2.30. The SMILES string of the molecule is COc1ccc(/C(C)=C(/c2ccccc2)c2cc(OC)c(OC)c(OC)c2)cc1O. The predicted octanol–water partition coefficient (Wildman–Crippen LogP) is 5.41. The molecule has 0 atom stereocenters. The fraction of sp³-hybridized carbons (Fsp3) is 0.200. The van der Waals surface area contributed by atoms with Crippen LogP contribution in [0.4, 0.5) is 0 Å². The molecule has 30 heavy (non-hydrogen) atoms. The van der Waals surface area contributed by atoms with Crippen LogP contribution < -0.4 is 18.9 Å². The molecule has 0 aliphatic rings. The Kier molecular flexibility index (Phi) is 6.52. The van der Waals surface area contributed by atoms with Crippen LogP contribution in [-0.4, -0.2) is 33.5 Å². The van der Waals surface area contributed by atoms with Crippen molar-refractivity contribution >= 4 is 11.1 Å². The van der Waals surface area contributed by atoms with E-state index in [1.54, 1.807) is 33.5 Å². The summed E-state index contributed by atoms with van der Waals surface area (Å²) in [6.45, 7) is 2.02. The molecule has 0 heterocycles. The standard InChI is InChI=1S/C25H26O5/c1-16(18-11-12-21(27-2)20(26)13-18)24(17-9-7-6-8-10-17)19-14-22(28-3)25(30-5)23(15-19)29-4/h6-15,26H,1-5H3/b24-16-. The minimum atomic E-state index is 0.0895. The molecule has 0 aliphatic heterocycles. The third kappa shape index (κ3) is 4.06. The maximum absolute atomic E-state index is 10.3. The Morgan fingerprint density at radius 3 is 1.73 bits per heavy atom. The molecular weight excluding hydrogens is 380 g/mol. The van der Waals surface area contributed by atoms with E-state index in [1.165, 1.54) is 7.11 Å². The number of allylic oxidation sites excluding steroid dienone is 1. The number of benzene rings is 3. The minimum Gasteiger partial charge on any atom is -0.504 e. The zero-order valence-electron chi connectivity index (χ0n) is 17.9. The minimum absolute atomic E-state index is 0.0895. The summed E-state index contributed by atoms with van der Waals surface area (Å²) >= 11 is 0. The summed E-state index contributed by atoms with van der Waals surface area (Å²) in [5, 5.41) is 10.3. The first-order valence-corrected chi connectivity index (χ1v) is 9.48. The Morgan fingerprint density at radius 1 is 0.633 bits per heavy atom. The van der Waals surface area contributed by atoms with Gasteiger partial charge in [0.15, 0.2) is 23.0 Å². The number of ether oxygens (including phenoxy) is 4. The molecule has 1 N–H and O–H groups in total. The van der Waals surface area contributed by atoms with Gasteiger partial charge in [-0.1, -0.05) is 36.4 Å². The van der Waals surface area contributed by atoms with Gasteiger partial charge in [0.1, 0.15) is 0 Å². The molecule has 0 radical (unpaired) electrons. The molecule has 5 nitrogen and oxygen atoms in total. The van der Waals surface area contributed by atoms with E-state index in [9.17, 15) is 5.11 Å². The number of methoxy groups -OCH3 is 4. The third-order valence-electron chi connectivity index (χ3n) is 5.00. The van der Waals surface area contributed by atoms with Crippen LogP contribution in [0.2, 0.25) is 0 Å². The van der Waals surface area contributed by atoms with Crippen molar-refractivity contribution in [2.45, 2.75) is 6.92 Å². The van der Waals surface area contributed by atoms with Crippen LogP contribution in [0, 0.1) is 0 Å². The Labute approximate surface area is 177 Å². The second-order valence-corrected chi connectivity index (χ2v) is 6.67. The van der Waals surface area contributed by atoms with Crippen LogP contribution in [0.1, 0.15) is 23.6 Å². The summed E-state index contributed by atoms with van der Waals surface area (Å²) in [5.74, 6) is 2.21. The van der Waals surface area contributed by atoms with Crippen LogP contribution >= 0.6 is 0 Å². The molecular formula is C25H26O5. The number of aromatic hydroxyl groups is 1. The highest BCUT2D eigenvalue weighted by molar-refractivity contribution is 5.98. The van der Waals surface area contributed by atoms with Gasteiger partial charge in [-0.15, -0.1) is 0 Å². The van der Waals surface area contributed by atoms with Crippen molar-refractivity contribution in [3.8, 4) is 28.7 Å². The van der Waals surface area contributed by atoms with Crippen LogP contribution in [0.15, 0.2) is 60.7 Å². The van der Waals surface area contributed by atoms with Gasteiger partial charge in [0.05, 0.1) is 28.4 Å². The molecule has 156 valence electrons. The summed E-state index contributed by atoms with van der Waals surface area (Å²) in [4.78, 5) is 0. The van der Waals surface area contributed by atoms with E-state index in [0.29, 0.717) is 23.0 Å². The second-order valence-electron chi connectivity index (χ2n) is 6.67. The van der Waals surface area contributed by atoms with Crippen LogP contribution in [0.5, 0.6) is 28.7 Å². The van der Waals surface area contributed by atoms with Crippen LogP contribution in [0.25, 0.3) is 11.1 Å². The molecule has 0 bridgehead atoms. The maximum atomic E-state index is 10.3. The lowest BCUT2D eigenvalue weighted by atomic mass is 9.90. The first kappa shape index (κ1) is 21.1. The molecule has 3 aromatic rings. The molecule has 3 rings (SSSR count). The number of phenols is 1. The number of phenolic OH excluding ortho intramolecular Hbond substituents is 1. The average Bonchev–Trinajstić information content (AvgIpc) is 2.79. The molecule has 0 aromatic heterocycles. The van der Waals surface area contributed by atoms with Crippen molar-refractivity contribution in [3.63, 3.8) is 0 Å². The van der Waals surface area contributed by atoms with Gasteiger partial charge in [-0.3, -0.25) is 0 Å². The van der Waals surface area contributed by atoms with Gasteiger partial charge >= 0.3 is 0 Å².